The van der Waals surface area contributed by atoms with Gasteiger partial charge in [-0.05, 0) is 83.5 Å². The van der Waals surface area contributed by atoms with Gasteiger partial charge in [0.2, 0.25) is 5.91 Å². The van der Waals surface area contributed by atoms with E-state index in [0.717, 1.165) is 83.5 Å². The van der Waals surface area contributed by atoms with Gasteiger partial charge in [-0.2, -0.15) is 0 Å². The van der Waals surface area contributed by atoms with Crippen LogP contribution in [0.15, 0.2) is 97.2 Å². The summed E-state index contributed by atoms with van der Waals surface area (Å²) in [6, 6.07) is -0.655. The van der Waals surface area contributed by atoms with Crippen LogP contribution in [0, 0.1) is 0 Å². The van der Waals surface area contributed by atoms with Gasteiger partial charge in [-0.25, -0.2) is 0 Å². The molecule has 0 radical (unpaired) electrons. The van der Waals surface area contributed by atoms with Crippen molar-refractivity contribution in [1.82, 2.24) is 5.32 Å². The first-order valence-corrected chi connectivity index (χ1v) is 28.5. The number of nitrogens with one attached hydrogen (secondary N) is 1. The van der Waals surface area contributed by atoms with Crippen molar-refractivity contribution < 1.29 is 15.0 Å². The Morgan fingerprint density at radius 2 is 0.682 bits per heavy atom. The molecule has 0 saturated heterocycles. The molecule has 0 aromatic rings. The molecule has 0 spiro atoms. The highest BCUT2D eigenvalue weighted by molar-refractivity contribution is 5.76. The lowest BCUT2D eigenvalue weighted by molar-refractivity contribution is -0.123. The van der Waals surface area contributed by atoms with E-state index in [1.807, 2.05) is 6.08 Å². The van der Waals surface area contributed by atoms with Crippen molar-refractivity contribution in [3.8, 4) is 0 Å². The van der Waals surface area contributed by atoms with Crippen LogP contribution in [0.25, 0.3) is 0 Å². The molecule has 3 N–H and O–H groups in total. The molecular formula is C62H109NO3. The zero-order valence-corrected chi connectivity index (χ0v) is 43.7. The minimum absolute atomic E-state index is 0.0901. The van der Waals surface area contributed by atoms with E-state index in [9.17, 15) is 15.0 Å². The predicted molar refractivity (Wildman–Crippen MR) is 294 cm³/mol. The molecule has 0 bridgehead atoms. The SMILES string of the molecule is CC/C=C\C/C=C\C/C=C\C/C=C\C/C=C\C/C=C\CCCCCCCCC(=O)NC(CO)C(O)/C=C/CC/C=C/CCCCCCCCCCCCCCCCCCCCCCCCC. The second kappa shape index (κ2) is 56.6. The second-order valence-corrected chi connectivity index (χ2v) is 19.0. The third-order valence-electron chi connectivity index (χ3n) is 12.6. The van der Waals surface area contributed by atoms with Crippen molar-refractivity contribution in [2.45, 2.75) is 283 Å². The number of carbonyl (C=O) groups excluding carboxylic acids is 1. The first kappa shape index (κ1) is 63.3. The lowest BCUT2D eigenvalue weighted by Crippen LogP contribution is -2.45. The number of allylic oxidation sites excluding steroid dienone is 15. The largest absolute Gasteiger partial charge is 0.394 e. The van der Waals surface area contributed by atoms with Gasteiger partial charge in [0.1, 0.15) is 0 Å². The van der Waals surface area contributed by atoms with E-state index in [0.29, 0.717) is 6.42 Å². The zero-order chi connectivity index (χ0) is 47.7. The van der Waals surface area contributed by atoms with Crippen molar-refractivity contribution >= 4 is 5.91 Å². The summed E-state index contributed by atoms with van der Waals surface area (Å²) < 4.78 is 0. The van der Waals surface area contributed by atoms with Gasteiger partial charge < -0.3 is 15.5 Å². The Labute approximate surface area is 411 Å². The van der Waals surface area contributed by atoms with Gasteiger partial charge in [-0.1, -0.05) is 278 Å². The molecule has 4 nitrogen and oxygen atoms in total. The highest BCUT2D eigenvalue weighted by Crippen LogP contribution is 2.16. The minimum atomic E-state index is -0.877. The summed E-state index contributed by atoms with van der Waals surface area (Å²) in [5.41, 5.74) is 0. The molecule has 0 fully saturated rings. The standard InChI is InChI=1S/C62H109NO3/c1-3-5-7-9-11-13-15-17-19-21-23-25-27-29-30-31-32-34-35-37-39-41-43-45-47-49-51-53-55-57-61(65)60(59-64)63-62(66)58-56-54-52-50-48-46-44-42-40-38-36-33-28-26-24-22-20-18-16-14-12-10-8-6-4-2/h6,8,12,14,18,20,24,26,33,36,40,42,47,49,55,57,60-61,64-65H,3-5,7,9-11,13,15-17,19,21-23,25,27-32,34-35,37-39,41,43-46,48,50-54,56,58-59H2,1-2H3,(H,63,66)/b8-6-,14-12-,20-18-,26-24-,36-33-,42-40-,49-47+,57-55+. The Kier molecular flexibility index (Phi) is 54.3. The van der Waals surface area contributed by atoms with Crippen LogP contribution in [0.5, 0.6) is 0 Å². The zero-order valence-electron chi connectivity index (χ0n) is 43.7. The molecule has 1 amide bonds. The maximum absolute atomic E-state index is 12.5. The molecule has 0 saturated carbocycles. The van der Waals surface area contributed by atoms with E-state index < -0.39 is 12.1 Å². The van der Waals surface area contributed by atoms with Gasteiger partial charge in [-0.15, -0.1) is 0 Å². The van der Waals surface area contributed by atoms with E-state index in [4.69, 9.17) is 0 Å². The van der Waals surface area contributed by atoms with Gasteiger partial charge in [-0.3, -0.25) is 4.79 Å². The van der Waals surface area contributed by atoms with Crippen LogP contribution in [0.3, 0.4) is 0 Å². The molecule has 0 heterocycles. The summed E-state index contributed by atoms with van der Waals surface area (Å²) in [6.45, 7) is 4.19. The molecule has 380 valence electrons. The number of rotatable bonds is 51. The van der Waals surface area contributed by atoms with E-state index in [-0.39, 0.29) is 12.5 Å². The Bertz CT molecular complexity index is 1220. The molecule has 0 aromatic heterocycles. The predicted octanol–water partition coefficient (Wildman–Crippen LogP) is 18.9. The third kappa shape index (κ3) is 52.3. The third-order valence-corrected chi connectivity index (χ3v) is 12.6. The Morgan fingerprint density at radius 1 is 0.379 bits per heavy atom. The van der Waals surface area contributed by atoms with Crippen molar-refractivity contribution in [3.05, 3.63) is 97.2 Å². The van der Waals surface area contributed by atoms with Crippen LogP contribution in [-0.4, -0.2) is 34.9 Å². The summed E-state index contributed by atoms with van der Waals surface area (Å²) in [7, 11) is 0. The van der Waals surface area contributed by atoms with E-state index in [1.165, 1.54) is 167 Å². The Morgan fingerprint density at radius 3 is 1.06 bits per heavy atom. The Hall–Kier alpha value is -2.69. The fourth-order valence-corrected chi connectivity index (χ4v) is 8.26. The molecule has 2 unspecified atom stereocenters. The van der Waals surface area contributed by atoms with Gasteiger partial charge in [0, 0.05) is 6.42 Å². The fourth-order valence-electron chi connectivity index (χ4n) is 8.26. The number of hydrogen-bond donors (Lipinski definition) is 3. The Balaban J connectivity index is 3.60. The topological polar surface area (TPSA) is 69.6 Å². The van der Waals surface area contributed by atoms with E-state index in [1.54, 1.807) is 6.08 Å². The number of carbonyl (C=O) groups is 1. The number of hydrogen-bond acceptors (Lipinski definition) is 3. The van der Waals surface area contributed by atoms with E-state index in [2.05, 4.69) is 104 Å². The summed E-state index contributed by atoms with van der Waals surface area (Å²) in [4.78, 5) is 12.5. The van der Waals surface area contributed by atoms with Gasteiger partial charge in [0.25, 0.3) is 0 Å². The van der Waals surface area contributed by atoms with E-state index >= 15 is 0 Å². The minimum Gasteiger partial charge on any atom is -0.394 e. The van der Waals surface area contributed by atoms with Crippen LogP contribution in [0.1, 0.15) is 271 Å². The summed E-state index contributed by atoms with van der Waals surface area (Å²) in [5, 5.41) is 23.1. The molecule has 0 rings (SSSR count). The second-order valence-electron chi connectivity index (χ2n) is 19.0. The van der Waals surface area contributed by atoms with Gasteiger partial charge >= 0.3 is 0 Å². The van der Waals surface area contributed by atoms with Crippen molar-refractivity contribution in [3.63, 3.8) is 0 Å². The normalized spacial score (nSPS) is 13.6. The van der Waals surface area contributed by atoms with Gasteiger partial charge in [0.15, 0.2) is 0 Å². The van der Waals surface area contributed by atoms with Crippen LogP contribution < -0.4 is 5.32 Å². The smallest absolute Gasteiger partial charge is 0.220 e. The monoisotopic (exact) mass is 916 g/mol. The molecule has 0 aliphatic carbocycles. The maximum Gasteiger partial charge on any atom is 0.220 e. The number of amides is 1. The first-order valence-electron chi connectivity index (χ1n) is 28.5. The van der Waals surface area contributed by atoms with Crippen LogP contribution in [-0.2, 0) is 4.79 Å². The van der Waals surface area contributed by atoms with Crippen molar-refractivity contribution in [2.24, 2.45) is 0 Å². The lowest BCUT2D eigenvalue weighted by atomic mass is 10.0. The summed E-state index contributed by atoms with van der Waals surface area (Å²) in [5.74, 6) is -0.0901. The number of aliphatic hydroxyl groups excluding tert-OH is 2. The first-order chi connectivity index (χ1) is 32.7. The highest BCUT2D eigenvalue weighted by Gasteiger charge is 2.17. The molecule has 66 heavy (non-hydrogen) atoms. The molecule has 0 aliphatic heterocycles. The fraction of sp³-hybridized carbons (Fsp3) is 0.726. The van der Waals surface area contributed by atoms with Gasteiger partial charge in [0.05, 0.1) is 18.8 Å². The molecule has 2 atom stereocenters. The number of aliphatic hydroxyl groups is 2. The van der Waals surface area contributed by atoms with Crippen molar-refractivity contribution in [2.75, 3.05) is 6.61 Å². The maximum atomic E-state index is 12.5. The van der Waals surface area contributed by atoms with Crippen LogP contribution in [0.4, 0.5) is 0 Å². The molecule has 0 aromatic carbocycles. The average molecular weight is 917 g/mol. The average Bonchev–Trinajstić information content (AvgIpc) is 3.32. The molecular weight excluding hydrogens is 807 g/mol. The van der Waals surface area contributed by atoms with Crippen LogP contribution in [0.2, 0.25) is 0 Å². The van der Waals surface area contributed by atoms with Crippen molar-refractivity contribution in [1.29, 1.82) is 0 Å². The molecule has 4 heteroatoms. The number of unbranched alkanes of at least 4 members (excludes halogenated alkanes) is 30. The summed E-state index contributed by atoms with van der Waals surface area (Å²) in [6.07, 6.45) is 84.3. The molecule has 0 aliphatic rings. The highest BCUT2D eigenvalue weighted by atomic mass is 16.3. The quantitative estimate of drug-likeness (QED) is 0.0421. The lowest BCUT2D eigenvalue weighted by Gasteiger charge is -2.19. The van der Waals surface area contributed by atoms with Crippen LogP contribution >= 0.6 is 0 Å². The summed E-state index contributed by atoms with van der Waals surface area (Å²) >= 11 is 0.